The smallest absolute Gasteiger partial charge is 0.227 e. The molecule has 8 heteroatoms. The molecule has 8 nitrogen and oxygen atoms in total. The first kappa shape index (κ1) is 21.8. The van der Waals surface area contributed by atoms with Crippen LogP contribution in [0.2, 0.25) is 0 Å². The average Bonchev–Trinajstić information content (AvgIpc) is 2.86. The van der Waals surface area contributed by atoms with Crippen molar-refractivity contribution in [2.45, 2.75) is 70.9 Å². The fourth-order valence-corrected chi connectivity index (χ4v) is 4.54. The topological polar surface area (TPSA) is 98.9 Å². The number of nitrogens with zero attached hydrogens (tertiary/aromatic N) is 3. The van der Waals surface area contributed by atoms with Crippen molar-refractivity contribution in [3.63, 3.8) is 0 Å². The number of hydrogen-bond acceptors (Lipinski definition) is 6. The molecule has 0 aliphatic carbocycles. The fraction of sp³-hybridized carbons (Fsp3) is 0.762. The minimum atomic E-state index is -0.765. The molecule has 1 aromatic rings. The third kappa shape index (κ3) is 5.79. The summed E-state index contributed by atoms with van der Waals surface area (Å²) in [5, 5.41) is 18.1. The highest BCUT2D eigenvalue weighted by molar-refractivity contribution is 5.79. The molecular formula is C21H34N4O4. The van der Waals surface area contributed by atoms with Crippen LogP contribution >= 0.6 is 0 Å². The number of amides is 2. The highest BCUT2D eigenvalue weighted by atomic mass is 16.5. The van der Waals surface area contributed by atoms with E-state index in [1.54, 1.807) is 6.92 Å². The van der Waals surface area contributed by atoms with Crippen molar-refractivity contribution in [1.82, 2.24) is 20.3 Å². The molecule has 2 aliphatic heterocycles. The van der Waals surface area contributed by atoms with Gasteiger partial charge < -0.3 is 24.7 Å². The van der Waals surface area contributed by atoms with Gasteiger partial charge in [0.1, 0.15) is 5.76 Å². The number of aliphatic hydroxyl groups is 1. The fourth-order valence-electron chi connectivity index (χ4n) is 4.54. The van der Waals surface area contributed by atoms with Gasteiger partial charge in [-0.25, -0.2) is 0 Å². The lowest BCUT2D eigenvalue weighted by atomic mass is 9.93. The Kier molecular flexibility index (Phi) is 6.95. The predicted octanol–water partition coefficient (Wildman–Crippen LogP) is 1.18. The summed E-state index contributed by atoms with van der Waals surface area (Å²) in [5.74, 6) is 0.789. The molecule has 29 heavy (non-hydrogen) atoms. The van der Waals surface area contributed by atoms with Crippen LogP contribution < -0.4 is 5.32 Å². The van der Waals surface area contributed by atoms with Crippen molar-refractivity contribution in [2.24, 2.45) is 0 Å². The number of nitrogens with one attached hydrogen (secondary N) is 1. The summed E-state index contributed by atoms with van der Waals surface area (Å²) in [6.45, 7) is 8.87. The Morgan fingerprint density at radius 3 is 2.55 bits per heavy atom. The molecule has 0 saturated carbocycles. The molecule has 1 aromatic heterocycles. The number of piperidine rings is 1. The molecule has 0 bridgehead atoms. The van der Waals surface area contributed by atoms with Gasteiger partial charge >= 0.3 is 0 Å². The van der Waals surface area contributed by atoms with Crippen LogP contribution in [0.5, 0.6) is 0 Å². The van der Waals surface area contributed by atoms with E-state index < -0.39 is 5.60 Å². The van der Waals surface area contributed by atoms with Gasteiger partial charge in [0.25, 0.3) is 0 Å². The molecule has 3 heterocycles. The standard InChI is InChI=1S/C21H34N4O4/c1-15-19(16(2)29-23-15)13-20(27)25-9-4-7-21(28,8-12-25)14-24-10-5-18(6-11-24)22-17(3)26/h18,28H,4-14H2,1-3H3,(H,22,26). The Labute approximate surface area is 172 Å². The van der Waals surface area contributed by atoms with E-state index in [2.05, 4.69) is 15.4 Å². The summed E-state index contributed by atoms with van der Waals surface area (Å²) in [7, 11) is 0. The Bertz CT molecular complexity index is 707. The Morgan fingerprint density at radius 1 is 1.21 bits per heavy atom. The average molecular weight is 407 g/mol. The molecule has 2 aliphatic rings. The zero-order valence-electron chi connectivity index (χ0n) is 17.9. The van der Waals surface area contributed by atoms with Crippen LogP contribution in [0.1, 0.15) is 56.0 Å². The highest BCUT2D eigenvalue weighted by Gasteiger charge is 2.34. The number of likely N-dealkylation sites (tertiary alicyclic amines) is 2. The molecule has 2 N–H and O–H groups in total. The maximum atomic E-state index is 12.8. The molecule has 0 spiro atoms. The number of carbonyl (C=O) groups is 2. The molecule has 0 radical (unpaired) electrons. The van der Waals surface area contributed by atoms with Crippen LogP contribution in [-0.4, -0.2) is 76.2 Å². The van der Waals surface area contributed by atoms with Crippen molar-refractivity contribution < 1.29 is 19.2 Å². The first-order valence-electron chi connectivity index (χ1n) is 10.7. The summed E-state index contributed by atoms with van der Waals surface area (Å²) < 4.78 is 5.17. The van der Waals surface area contributed by atoms with Gasteiger partial charge in [-0.3, -0.25) is 9.59 Å². The number of hydrogen-bond donors (Lipinski definition) is 2. The maximum absolute atomic E-state index is 12.8. The Hall–Kier alpha value is -1.93. The Balaban J connectivity index is 1.50. The van der Waals surface area contributed by atoms with E-state index in [4.69, 9.17) is 4.52 Å². The quantitative estimate of drug-likeness (QED) is 0.762. The summed E-state index contributed by atoms with van der Waals surface area (Å²) in [6, 6.07) is 0.241. The molecular weight excluding hydrogens is 372 g/mol. The van der Waals surface area contributed by atoms with E-state index in [1.165, 1.54) is 0 Å². The number of aryl methyl sites for hydroxylation is 2. The number of aromatic nitrogens is 1. The second-order valence-electron chi connectivity index (χ2n) is 8.69. The Morgan fingerprint density at radius 2 is 1.93 bits per heavy atom. The lowest BCUT2D eigenvalue weighted by Gasteiger charge is -2.38. The molecule has 3 rings (SSSR count). The van der Waals surface area contributed by atoms with Gasteiger partial charge in [-0.1, -0.05) is 5.16 Å². The van der Waals surface area contributed by atoms with Crippen molar-refractivity contribution in [3.8, 4) is 0 Å². The van der Waals surface area contributed by atoms with Crippen molar-refractivity contribution in [3.05, 3.63) is 17.0 Å². The molecule has 1 unspecified atom stereocenters. The highest BCUT2D eigenvalue weighted by Crippen LogP contribution is 2.26. The monoisotopic (exact) mass is 406 g/mol. The van der Waals surface area contributed by atoms with E-state index in [0.29, 0.717) is 44.7 Å². The lowest BCUT2D eigenvalue weighted by molar-refractivity contribution is -0.130. The maximum Gasteiger partial charge on any atom is 0.227 e. The number of β-amino-alcohol motifs (C(OH)–C–C–N with tert-alkyl or cyclic N) is 1. The van der Waals surface area contributed by atoms with Crippen LogP contribution in [0.15, 0.2) is 4.52 Å². The lowest BCUT2D eigenvalue weighted by Crippen LogP contribution is -2.50. The van der Waals surface area contributed by atoms with Crippen LogP contribution in [0, 0.1) is 13.8 Å². The largest absolute Gasteiger partial charge is 0.388 e. The molecule has 0 aromatic carbocycles. The SMILES string of the molecule is CC(=O)NC1CCN(CC2(O)CCCN(C(=O)Cc3c(C)noc3C)CC2)CC1. The van der Waals surface area contributed by atoms with Gasteiger partial charge in [0, 0.05) is 51.3 Å². The minimum absolute atomic E-state index is 0.0206. The molecule has 162 valence electrons. The van der Waals surface area contributed by atoms with Crippen LogP contribution in [0.3, 0.4) is 0 Å². The van der Waals surface area contributed by atoms with Gasteiger partial charge in [0.05, 0.1) is 17.7 Å². The molecule has 2 amide bonds. The third-order valence-electron chi connectivity index (χ3n) is 6.29. The van der Waals surface area contributed by atoms with Gasteiger partial charge in [-0.15, -0.1) is 0 Å². The zero-order valence-corrected chi connectivity index (χ0v) is 17.9. The van der Waals surface area contributed by atoms with Crippen LogP contribution in [0.25, 0.3) is 0 Å². The summed E-state index contributed by atoms with van der Waals surface area (Å²) in [6.07, 6.45) is 4.22. The van der Waals surface area contributed by atoms with Gasteiger partial charge in [0.2, 0.25) is 11.8 Å². The minimum Gasteiger partial charge on any atom is -0.388 e. The third-order valence-corrected chi connectivity index (χ3v) is 6.29. The molecule has 2 saturated heterocycles. The first-order chi connectivity index (χ1) is 13.8. The molecule has 2 fully saturated rings. The van der Waals surface area contributed by atoms with Crippen molar-refractivity contribution in [2.75, 3.05) is 32.7 Å². The normalized spacial score (nSPS) is 24.3. The van der Waals surface area contributed by atoms with Crippen molar-refractivity contribution in [1.29, 1.82) is 0 Å². The van der Waals surface area contributed by atoms with Gasteiger partial charge in [0.15, 0.2) is 0 Å². The second kappa shape index (κ2) is 9.26. The number of rotatable bonds is 5. The summed E-state index contributed by atoms with van der Waals surface area (Å²) in [4.78, 5) is 28.2. The second-order valence-corrected chi connectivity index (χ2v) is 8.69. The van der Waals surface area contributed by atoms with Gasteiger partial charge in [-0.2, -0.15) is 0 Å². The predicted molar refractivity (Wildman–Crippen MR) is 108 cm³/mol. The van der Waals surface area contributed by atoms with Crippen LogP contribution in [-0.2, 0) is 16.0 Å². The van der Waals surface area contributed by atoms with Crippen LogP contribution in [0.4, 0.5) is 0 Å². The van der Waals surface area contributed by atoms with E-state index in [9.17, 15) is 14.7 Å². The van der Waals surface area contributed by atoms with E-state index in [1.807, 2.05) is 18.7 Å². The summed E-state index contributed by atoms with van der Waals surface area (Å²) >= 11 is 0. The first-order valence-corrected chi connectivity index (χ1v) is 10.7. The van der Waals surface area contributed by atoms with E-state index >= 15 is 0 Å². The van der Waals surface area contributed by atoms with E-state index in [-0.39, 0.29) is 17.9 Å². The number of carbonyl (C=O) groups excluding carboxylic acids is 2. The van der Waals surface area contributed by atoms with Crippen molar-refractivity contribution >= 4 is 11.8 Å². The summed E-state index contributed by atoms with van der Waals surface area (Å²) in [5.41, 5.74) is 0.875. The zero-order chi connectivity index (χ0) is 21.0. The van der Waals surface area contributed by atoms with Gasteiger partial charge in [-0.05, 0) is 46.0 Å². The van der Waals surface area contributed by atoms with E-state index in [0.717, 1.165) is 43.6 Å². The molecule has 1 atom stereocenters.